The molecule has 2 rings (SSSR count). The molecule has 2 aromatic rings. The molecule has 1 heterocycles. The molecule has 3 heteroatoms. The molecule has 0 aliphatic rings. The van der Waals surface area contributed by atoms with Gasteiger partial charge in [0.1, 0.15) is 5.76 Å². The van der Waals surface area contributed by atoms with Gasteiger partial charge in [0, 0.05) is 11.3 Å². The van der Waals surface area contributed by atoms with Crippen molar-refractivity contribution >= 4 is 22.6 Å². The van der Waals surface area contributed by atoms with Crippen molar-refractivity contribution in [1.82, 2.24) is 5.32 Å². The molecular formula is C17H24ClNO. The van der Waals surface area contributed by atoms with Crippen LogP contribution < -0.4 is 5.32 Å². The summed E-state index contributed by atoms with van der Waals surface area (Å²) in [5.41, 5.74) is 0.804. The Labute approximate surface area is 126 Å². The van der Waals surface area contributed by atoms with E-state index in [2.05, 4.69) is 39.1 Å². The number of furan rings is 1. The van der Waals surface area contributed by atoms with E-state index >= 15 is 0 Å². The lowest BCUT2D eigenvalue weighted by atomic mass is 9.93. The van der Waals surface area contributed by atoms with Crippen LogP contribution in [-0.2, 0) is 0 Å². The average molecular weight is 294 g/mol. The highest BCUT2D eigenvalue weighted by molar-refractivity contribution is 6.34. The van der Waals surface area contributed by atoms with Crippen molar-refractivity contribution in [2.45, 2.75) is 33.6 Å². The Morgan fingerprint density at radius 2 is 1.90 bits per heavy atom. The number of hydrogen-bond acceptors (Lipinski definition) is 2. The van der Waals surface area contributed by atoms with Gasteiger partial charge in [-0.15, -0.1) is 0 Å². The van der Waals surface area contributed by atoms with E-state index in [1.807, 2.05) is 18.2 Å². The van der Waals surface area contributed by atoms with Crippen LogP contribution in [0.2, 0.25) is 5.02 Å². The zero-order chi connectivity index (χ0) is 14.7. The molecule has 20 heavy (non-hydrogen) atoms. The van der Waals surface area contributed by atoms with Crippen molar-refractivity contribution in [1.29, 1.82) is 0 Å². The van der Waals surface area contributed by atoms with Gasteiger partial charge in [-0.3, -0.25) is 0 Å². The van der Waals surface area contributed by atoms with E-state index in [1.165, 1.54) is 0 Å². The molecule has 0 saturated heterocycles. The van der Waals surface area contributed by atoms with Crippen molar-refractivity contribution < 1.29 is 4.42 Å². The van der Waals surface area contributed by atoms with Crippen LogP contribution in [0.5, 0.6) is 0 Å². The second kappa shape index (κ2) is 6.64. The highest BCUT2D eigenvalue weighted by Crippen LogP contribution is 2.32. The molecule has 0 aliphatic carbocycles. The minimum Gasteiger partial charge on any atom is -0.459 e. The number of halogens is 1. The number of benzene rings is 1. The predicted molar refractivity (Wildman–Crippen MR) is 86.5 cm³/mol. The first-order chi connectivity index (χ1) is 9.49. The Hall–Kier alpha value is -0.990. The highest BCUT2D eigenvalue weighted by Gasteiger charge is 2.19. The van der Waals surface area contributed by atoms with E-state index in [-0.39, 0.29) is 0 Å². The minimum atomic E-state index is 0.373. The van der Waals surface area contributed by atoms with Gasteiger partial charge in [-0.2, -0.15) is 0 Å². The van der Waals surface area contributed by atoms with Crippen molar-refractivity contribution in [3.05, 3.63) is 35.0 Å². The molecule has 0 fully saturated rings. The molecule has 2 unspecified atom stereocenters. The van der Waals surface area contributed by atoms with Crippen LogP contribution in [0.3, 0.4) is 0 Å². The molecule has 2 nitrogen and oxygen atoms in total. The molecule has 1 aromatic heterocycles. The van der Waals surface area contributed by atoms with Crippen LogP contribution in [0, 0.1) is 11.8 Å². The van der Waals surface area contributed by atoms with E-state index in [0.717, 1.165) is 29.8 Å². The van der Waals surface area contributed by atoms with Crippen molar-refractivity contribution in [3.63, 3.8) is 0 Å². The van der Waals surface area contributed by atoms with Crippen LogP contribution in [0.1, 0.15) is 39.4 Å². The van der Waals surface area contributed by atoms with Crippen LogP contribution in [0.15, 0.2) is 28.7 Å². The third-order valence-corrected chi connectivity index (χ3v) is 4.13. The second-order valence-electron chi connectivity index (χ2n) is 6.13. The van der Waals surface area contributed by atoms with Gasteiger partial charge in [0.25, 0.3) is 0 Å². The Balaban J connectivity index is 2.06. The number of hydrogen-bond donors (Lipinski definition) is 1. The third-order valence-electron chi connectivity index (χ3n) is 3.84. The first-order valence-corrected chi connectivity index (χ1v) is 7.75. The maximum absolute atomic E-state index is 6.17. The van der Waals surface area contributed by atoms with Gasteiger partial charge in [0.15, 0.2) is 5.58 Å². The van der Waals surface area contributed by atoms with Gasteiger partial charge in [-0.1, -0.05) is 51.4 Å². The zero-order valence-electron chi connectivity index (χ0n) is 12.7. The standard InChI is InChI=1S/C17H24ClNO/c1-11(2)9-19-10-12(3)13(4)16-8-14-6-5-7-15(18)17(14)20-16/h5-8,11-13,19H,9-10H2,1-4H3. The Kier molecular flexibility index (Phi) is 5.11. The normalized spacial score (nSPS) is 14.9. The van der Waals surface area contributed by atoms with Crippen LogP contribution in [0.4, 0.5) is 0 Å². The number of para-hydroxylation sites is 1. The Morgan fingerprint density at radius 1 is 1.15 bits per heavy atom. The maximum atomic E-state index is 6.17. The van der Waals surface area contributed by atoms with E-state index in [0.29, 0.717) is 22.8 Å². The molecule has 1 aromatic carbocycles. The lowest BCUT2D eigenvalue weighted by molar-refractivity contribution is 0.383. The summed E-state index contributed by atoms with van der Waals surface area (Å²) in [5.74, 6) is 2.60. The van der Waals surface area contributed by atoms with E-state index in [1.54, 1.807) is 0 Å². The summed E-state index contributed by atoms with van der Waals surface area (Å²) in [7, 11) is 0. The topological polar surface area (TPSA) is 25.2 Å². The lowest BCUT2D eigenvalue weighted by Gasteiger charge is -2.19. The number of rotatable bonds is 6. The molecule has 110 valence electrons. The van der Waals surface area contributed by atoms with Crippen LogP contribution in [-0.4, -0.2) is 13.1 Å². The minimum absolute atomic E-state index is 0.373. The molecule has 0 saturated carbocycles. The van der Waals surface area contributed by atoms with E-state index in [9.17, 15) is 0 Å². The molecule has 2 atom stereocenters. The van der Waals surface area contributed by atoms with Gasteiger partial charge >= 0.3 is 0 Å². The van der Waals surface area contributed by atoms with E-state index in [4.69, 9.17) is 16.0 Å². The maximum Gasteiger partial charge on any atom is 0.152 e. The zero-order valence-corrected chi connectivity index (χ0v) is 13.5. The molecule has 0 spiro atoms. The predicted octanol–water partition coefficient (Wildman–Crippen LogP) is 5.07. The first-order valence-electron chi connectivity index (χ1n) is 7.37. The molecule has 0 amide bonds. The molecule has 0 radical (unpaired) electrons. The van der Waals surface area contributed by atoms with Gasteiger partial charge < -0.3 is 9.73 Å². The largest absolute Gasteiger partial charge is 0.459 e. The summed E-state index contributed by atoms with van der Waals surface area (Å²) in [6.07, 6.45) is 0. The van der Waals surface area contributed by atoms with Crippen LogP contribution in [0.25, 0.3) is 11.0 Å². The van der Waals surface area contributed by atoms with Crippen LogP contribution >= 0.6 is 11.6 Å². The summed E-state index contributed by atoms with van der Waals surface area (Å²) in [6.45, 7) is 11.0. The summed E-state index contributed by atoms with van der Waals surface area (Å²) < 4.78 is 5.95. The SMILES string of the molecule is CC(C)CNCC(C)C(C)c1cc2cccc(Cl)c2o1. The van der Waals surface area contributed by atoms with Gasteiger partial charge in [0.2, 0.25) is 0 Å². The molecule has 1 N–H and O–H groups in total. The number of fused-ring (bicyclic) bond motifs is 1. The summed E-state index contributed by atoms with van der Waals surface area (Å²) in [5, 5.41) is 5.28. The fourth-order valence-corrected chi connectivity index (χ4v) is 2.55. The smallest absolute Gasteiger partial charge is 0.152 e. The van der Waals surface area contributed by atoms with E-state index < -0.39 is 0 Å². The Bertz CT molecular complexity index is 561. The quantitative estimate of drug-likeness (QED) is 0.804. The molecule has 0 aliphatic heterocycles. The fraction of sp³-hybridized carbons (Fsp3) is 0.529. The molecule has 0 bridgehead atoms. The first kappa shape index (κ1) is 15.4. The van der Waals surface area contributed by atoms with Gasteiger partial charge in [-0.25, -0.2) is 0 Å². The second-order valence-corrected chi connectivity index (χ2v) is 6.53. The fourth-order valence-electron chi connectivity index (χ4n) is 2.33. The number of nitrogens with one attached hydrogen (secondary N) is 1. The third kappa shape index (κ3) is 3.56. The van der Waals surface area contributed by atoms with Crippen molar-refractivity contribution in [3.8, 4) is 0 Å². The monoisotopic (exact) mass is 293 g/mol. The lowest BCUT2D eigenvalue weighted by Crippen LogP contribution is -2.27. The van der Waals surface area contributed by atoms with Crippen molar-refractivity contribution in [2.75, 3.05) is 13.1 Å². The summed E-state index contributed by atoms with van der Waals surface area (Å²) in [6, 6.07) is 7.99. The average Bonchev–Trinajstić information content (AvgIpc) is 2.82. The highest BCUT2D eigenvalue weighted by atomic mass is 35.5. The molecular weight excluding hydrogens is 270 g/mol. The summed E-state index contributed by atoms with van der Waals surface area (Å²) >= 11 is 6.17. The van der Waals surface area contributed by atoms with Gasteiger partial charge in [-0.05, 0) is 37.1 Å². The summed E-state index contributed by atoms with van der Waals surface area (Å²) in [4.78, 5) is 0. The van der Waals surface area contributed by atoms with Crippen molar-refractivity contribution in [2.24, 2.45) is 11.8 Å². The van der Waals surface area contributed by atoms with Gasteiger partial charge in [0.05, 0.1) is 5.02 Å². The Morgan fingerprint density at radius 3 is 2.55 bits per heavy atom.